The monoisotopic (exact) mass is 429 g/mol. The topological polar surface area (TPSA) is 141 Å². The molecule has 1 aromatic heterocycles. The van der Waals surface area contributed by atoms with E-state index < -0.39 is 23.8 Å². The van der Waals surface area contributed by atoms with Gasteiger partial charge in [-0.2, -0.15) is 5.10 Å². The predicted octanol–water partition coefficient (Wildman–Crippen LogP) is 1.06. The molecule has 0 saturated carbocycles. The van der Waals surface area contributed by atoms with E-state index in [0.29, 0.717) is 21.7 Å². The van der Waals surface area contributed by atoms with Gasteiger partial charge >= 0.3 is 11.7 Å². The second kappa shape index (κ2) is 9.03. The molecular formula is C20H19N3O8. The van der Waals surface area contributed by atoms with Crippen LogP contribution >= 0.6 is 0 Å². The summed E-state index contributed by atoms with van der Waals surface area (Å²) in [5.41, 5.74) is -0.627. The minimum Gasteiger partial charge on any atom is -0.493 e. The molecule has 3 aromatic rings. The van der Waals surface area contributed by atoms with Crippen LogP contribution in [0.2, 0.25) is 0 Å². The van der Waals surface area contributed by atoms with Gasteiger partial charge < -0.3 is 29.0 Å². The Bertz CT molecular complexity index is 1280. The maximum absolute atomic E-state index is 12.8. The Morgan fingerprint density at radius 1 is 1.03 bits per heavy atom. The number of fused-ring (bicyclic) bond motifs is 1. The summed E-state index contributed by atoms with van der Waals surface area (Å²) in [5.74, 6) is 0.0578. The molecular weight excluding hydrogens is 410 g/mol. The molecule has 0 amide bonds. The Kier molecular flexibility index (Phi) is 6.24. The smallest absolute Gasteiger partial charge is 0.349 e. The fraction of sp³-hybridized carbons (Fsp3) is 0.200. The Morgan fingerprint density at radius 3 is 2.32 bits per heavy atom. The zero-order valence-corrected chi connectivity index (χ0v) is 16.9. The van der Waals surface area contributed by atoms with Crippen LogP contribution in [0.3, 0.4) is 0 Å². The number of nitrogens with zero attached hydrogens (tertiary/aromatic N) is 2. The van der Waals surface area contributed by atoms with Gasteiger partial charge in [-0.3, -0.25) is 4.79 Å². The molecule has 0 unspecified atom stereocenters. The molecule has 11 nitrogen and oxygen atoms in total. The summed E-state index contributed by atoms with van der Waals surface area (Å²) >= 11 is 0. The molecule has 11 heteroatoms. The van der Waals surface area contributed by atoms with Crippen molar-refractivity contribution in [1.29, 1.82) is 0 Å². The average Bonchev–Trinajstić information content (AvgIpc) is 2.76. The summed E-state index contributed by atoms with van der Waals surface area (Å²) in [7, 11) is 4.27. The molecule has 162 valence electrons. The maximum Gasteiger partial charge on any atom is 0.349 e. The molecule has 3 rings (SSSR count). The largest absolute Gasteiger partial charge is 0.493 e. The number of carbonyl (C=O) groups is 1. The van der Waals surface area contributed by atoms with Crippen molar-refractivity contribution in [2.24, 2.45) is 5.10 Å². The normalized spacial score (nSPS) is 10.9. The number of hydrogen-bond acceptors (Lipinski definition) is 8. The summed E-state index contributed by atoms with van der Waals surface area (Å²) in [5, 5.41) is 12.9. The van der Waals surface area contributed by atoms with Gasteiger partial charge in [0.25, 0.3) is 5.56 Å². The second-order valence-electron chi connectivity index (χ2n) is 6.14. The van der Waals surface area contributed by atoms with Crippen LogP contribution in [0.25, 0.3) is 10.9 Å². The third-order valence-corrected chi connectivity index (χ3v) is 4.24. The third-order valence-electron chi connectivity index (χ3n) is 4.24. The lowest BCUT2D eigenvalue weighted by Crippen LogP contribution is -2.32. The molecule has 0 atom stereocenters. The molecule has 0 fully saturated rings. The first-order chi connectivity index (χ1) is 14.9. The van der Waals surface area contributed by atoms with E-state index in [-0.39, 0.29) is 22.4 Å². The van der Waals surface area contributed by atoms with E-state index in [4.69, 9.17) is 24.1 Å². The Hall–Kier alpha value is -4.28. The number of ether oxygens (including phenoxy) is 4. The number of rotatable bonds is 8. The van der Waals surface area contributed by atoms with Crippen LogP contribution in [0.15, 0.2) is 45.0 Å². The van der Waals surface area contributed by atoms with Gasteiger partial charge in [-0.15, -0.1) is 4.68 Å². The van der Waals surface area contributed by atoms with Crippen molar-refractivity contribution in [3.8, 4) is 23.0 Å². The highest BCUT2D eigenvalue weighted by Crippen LogP contribution is 2.29. The Balaban J connectivity index is 2.00. The van der Waals surface area contributed by atoms with Crippen LogP contribution in [0.1, 0.15) is 5.56 Å². The summed E-state index contributed by atoms with van der Waals surface area (Å²) in [6.45, 7) is -0.528. The van der Waals surface area contributed by atoms with Gasteiger partial charge in [-0.1, -0.05) is 0 Å². The van der Waals surface area contributed by atoms with Crippen LogP contribution in [-0.2, 0) is 4.79 Å². The van der Waals surface area contributed by atoms with Crippen molar-refractivity contribution in [1.82, 2.24) is 9.66 Å². The SMILES string of the molecule is COc1cc2[nH]c(=O)n(/N=C/c3ccc(OCC(=O)O)c(OC)c3)c(=O)c2cc1OC. The fourth-order valence-corrected chi connectivity index (χ4v) is 2.79. The Labute approximate surface area is 175 Å². The number of aromatic amines is 1. The van der Waals surface area contributed by atoms with Gasteiger partial charge in [0.05, 0.1) is 38.4 Å². The molecule has 1 heterocycles. The zero-order chi connectivity index (χ0) is 22.5. The number of nitrogens with one attached hydrogen (secondary N) is 1. The molecule has 0 saturated heterocycles. The summed E-state index contributed by atoms with van der Waals surface area (Å²) < 4.78 is 21.4. The minimum absolute atomic E-state index is 0.185. The molecule has 0 bridgehead atoms. The van der Waals surface area contributed by atoms with Crippen LogP contribution < -0.4 is 30.2 Å². The maximum atomic E-state index is 12.8. The van der Waals surface area contributed by atoms with E-state index in [0.717, 1.165) is 0 Å². The minimum atomic E-state index is -1.13. The number of H-pyrrole nitrogens is 1. The molecule has 2 aromatic carbocycles. The third kappa shape index (κ3) is 4.50. The van der Waals surface area contributed by atoms with Crippen molar-refractivity contribution in [3.63, 3.8) is 0 Å². The number of carboxylic acids is 1. The first kappa shape index (κ1) is 21.4. The van der Waals surface area contributed by atoms with Gasteiger partial charge in [-0.05, 0) is 29.8 Å². The van der Waals surface area contributed by atoms with E-state index in [9.17, 15) is 14.4 Å². The number of aromatic nitrogens is 2. The van der Waals surface area contributed by atoms with E-state index in [2.05, 4.69) is 10.1 Å². The van der Waals surface area contributed by atoms with E-state index >= 15 is 0 Å². The quantitative estimate of drug-likeness (QED) is 0.507. The van der Waals surface area contributed by atoms with Crippen molar-refractivity contribution in [2.75, 3.05) is 27.9 Å². The van der Waals surface area contributed by atoms with E-state index in [1.165, 1.54) is 51.8 Å². The van der Waals surface area contributed by atoms with Crippen molar-refractivity contribution >= 4 is 23.1 Å². The second-order valence-corrected chi connectivity index (χ2v) is 6.14. The van der Waals surface area contributed by atoms with E-state index in [1.807, 2.05) is 0 Å². The molecule has 2 N–H and O–H groups in total. The summed E-state index contributed by atoms with van der Waals surface area (Å²) in [4.78, 5) is 38.4. The van der Waals surface area contributed by atoms with Gasteiger partial charge in [0, 0.05) is 6.07 Å². The van der Waals surface area contributed by atoms with Crippen LogP contribution in [0, 0.1) is 0 Å². The molecule has 31 heavy (non-hydrogen) atoms. The first-order valence-electron chi connectivity index (χ1n) is 8.86. The zero-order valence-electron chi connectivity index (χ0n) is 16.9. The number of aliphatic carboxylic acids is 1. The lowest BCUT2D eigenvalue weighted by molar-refractivity contribution is -0.139. The lowest BCUT2D eigenvalue weighted by Gasteiger charge is -2.10. The predicted molar refractivity (Wildman–Crippen MR) is 111 cm³/mol. The molecule has 0 spiro atoms. The summed E-state index contributed by atoms with van der Waals surface area (Å²) in [6.07, 6.45) is 1.28. The molecule has 0 aliphatic carbocycles. The van der Waals surface area contributed by atoms with Gasteiger partial charge in [0.15, 0.2) is 29.6 Å². The van der Waals surface area contributed by atoms with Gasteiger partial charge in [-0.25, -0.2) is 9.59 Å². The van der Waals surface area contributed by atoms with E-state index in [1.54, 1.807) is 6.07 Å². The van der Waals surface area contributed by atoms with Crippen LogP contribution in [0.4, 0.5) is 0 Å². The van der Waals surface area contributed by atoms with Crippen molar-refractivity contribution in [3.05, 3.63) is 56.7 Å². The molecule has 0 aliphatic rings. The fourth-order valence-electron chi connectivity index (χ4n) is 2.79. The summed E-state index contributed by atoms with van der Waals surface area (Å²) in [6, 6.07) is 7.53. The molecule has 0 aliphatic heterocycles. The van der Waals surface area contributed by atoms with Crippen molar-refractivity contribution < 1.29 is 28.8 Å². The average molecular weight is 429 g/mol. The standard InChI is InChI=1S/C20H19N3O8/c1-28-15-6-11(4-5-14(15)31-10-18(24)25)9-21-23-19(26)12-7-16(29-2)17(30-3)8-13(12)22-20(23)27/h4-9H,10H2,1-3H3,(H,22,27)(H,24,25)/b21-9+. The highest BCUT2D eigenvalue weighted by Gasteiger charge is 2.13. The number of carboxylic acid groups (broad SMARTS) is 1. The van der Waals surface area contributed by atoms with Crippen LogP contribution in [-0.4, -0.2) is 54.9 Å². The first-order valence-corrected chi connectivity index (χ1v) is 8.86. The highest BCUT2D eigenvalue weighted by molar-refractivity contribution is 5.83. The number of hydrogen-bond donors (Lipinski definition) is 2. The van der Waals surface area contributed by atoms with Gasteiger partial charge in [0.1, 0.15) is 0 Å². The molecule has 0 radical (unpaired) electrons. The highest BCUT2D eigenvalue weighted by atomic mass is 16.5. The number of benzene rings is 2. The lowest BCUT2D eigenvalue weighted by atomic mass is 10.2. The van der Waals surface area contributed by atoms with Crippen molar-refractivity contribution in [2.45, 2.75) is 0 Å². The van der Waals surface area contributed by atoms with Gasteiger partial charge in [0.2, 0.25) is 0 Å². The van der Waals surface area contributed by atoms with Crippen LogP contribution in [0.5, 0.6) is 23.0 Å². The number of methoxy groups -OCH3 is 3. The Morgan fingerprint density at radius 2 is 1.68 bits per heavy atom.